The van der Waals surface area contributed by atoms with Crippen molar-refractivity contribution in [3.8, 4) is 0 Å². The summed E-state index contributed by atoms with van der Waals surface area (Å²) in [6.07, 6.45) is 10.6. The minimum atomic E-state index is -0.117. The van der Waals surface area contributed by atoms with Crippen LogP contribution >= 0.6 is 91.5 Å². The molecule has 0 aliphatic carbocycles. The highest BCUT2D eigenvalue weighted by Crippen LogP contribution is 2.19. The second-order valence-electron chi connectivity index (χ2n) is 7.96. The number of ether oxygens (including phenoxy) is 1. The van der Waals surface area contributed by atoms with Crippen LogP contribution in [0.4, 0.5) is 5.13 Å². The monoisotopic (exact) mass is 834 g/mol. The average Bonchev–Trinajstić information content (AvgIpc) is 3.61. The molecule has 1 saturated heterocycles. The molecule has 0 spiro atoms. The summed E-state index contributed by atoms with van der Waals surface area (Å²) in [6, 6.07) is 0. The van der Waals surface area contributed by atoms with Crippen molar-refractivity contribution in [1.29, 1.82) is 0 Å². The van der Waals surface area contributed by atoms with E-state index in [1.54, 1.807) is 24.8 Å². The van der Waals surface area contributed by atoms with Crippen LogP contribution in [0, 0.1) is 6.92 Å². The van der Waals surface area contributed by atoms with Gasteiger partial charge in [-0.15, -0.1) is 45.6 Å². The van der Waals surface area contributed by atoms with E-state index in [2.05, 4.69) is 36.2 Å². The maximum Gasteiger partial charge on any atom is 0.304 e. The summed E-state index contributed by atoms with van der Waals surface area (Å²) in [6.45, 7) is 5.81. The van der Waals surface area contributed by atoms with Gasteiger partial charge in [0.1, 0.15) is 12.4 Å². The molecule has 1 aliphatic rings. The van der Waals surface area contributed by atoms with E-state index in [1.807, 2.05) is 6.92 Å². The third-order valence-electron chi connectivity index (χ3n) is 4.23. The molecule has 6 rings (SSSR count). The van der Waals surface area contributed by atoms with Gasteiger partial charge in [-0.1, -0.05) is 52.5 Å². The third-order valence-corrected chi connectivity index (χ3v) is 9.41. The number of anilines is 1. The molecule has 1 atom stereocenters. The van der Waals surface area contributed by atoms with Gasteiger partial charge in [-0.2, -0.15) is 0 Å². The first-order valence-corrected chi connectivity index (χ1v) is 18.5. The van der Waals surface area contributed by atoms with Gasteiger partial charge in [-0.3, -0.25) is 9.59 Å². The Morgan fingerprint density at radius 3 is 1.51 bits per heavy atom. The Hall–Kier alpha value is -2.50. The van der Waals surface area contributed by atoms with Crippen LogP contribution < -0.4 is 10.6 Å². The number of thiazole rings is 5. The zero-order valence-electron chi connectivity index (χ0n) is 25.6. The standard InChI is InChI=1S/C5H7NOS.C4H3Cl2NS.C4H4ClNOS.C4H6N2OS.C4H5NO2S.C3H4O2.C3H4O/c1-4-6-2-5(3-7)8-4;5-1-3-2-7-4(6)8-3;2*5-4-6-1-3(2-7)8-4;6-2-3-1-5-4(7)8-3;4-1-3-2-5-3;1-2-3-4/h2,7H,3H2,1H3;2H,1H2;1,7H,2H2;1,7H,2H2,(H2,5,6);1,6H,2H2,(H,5,7);1,3H,2H2;2-3H,1H2. The summed E-state index contributed by atoms with van der Waals surface area (Å²) >= 11 is 22.9. The summed E-state index contributed by atoms with van der Waals surface area (Å²) < 4.78 is 5.53. The largest absolute Gasteiger partial charge is 0.391 e. The topological polar surface area (TPSA) is 238 Å². The molecule has 0 saturated carbocycles. The second kappa shape index (κ2) is 29.3. The number of hydrogen-bond acceptors (Lipinski definition) is 18. The Labute approximate surface area is 316 Å². The number of H-pyrrole nitrogens is 1. The van der Waals surface area contributed by atoms with Gasteiger partial charge in [-0.05, 0) is 13.0 Å². The molecule has 5 aromatic heterocycles. The molecule has 7 N–H and O–H groups in total. The number of rotatable bonds is 7. The minimum absolute atomic E-state index is 0.0321. The number of aldehydes is 2. The SMILES string of the molecule is C=CC=O.Cc1ncc(CO)s1.ClCc1cnc(Cl)s1.Nc1ncc(CO)s1.O=CC1CO1.O=c1[nH]cc(CO)s1.OCc1cnc(Cl)s1. The lowest BCUT2D eigenvalue weighted by Crippen LogP contribution is -1.88. The number of hydrogen-bond donors (Lipinski definition) is 6. The van der Waals surface area contributed by atoms with Gasteiger partial charge in [0.2, 0.25) is 0 Å². The molecule has 49 heavy (non-hydrogen) atoms. The third kappa shape index (κ3) is 25.2. The summed E-state index contributed by atoms with van der Waals surface area (Å²) in [4.78, 5) is 50.5. The van der Waals surface area contributed by atoms with Gasteiger partial charge >= 0.3 is 4.87 Å². The maximum absolute atomic E-state index is 10.3. The van der Waals surface area contributed by atoms with Gasteiger partial charge in [0, 0.05) is 35.9 Å². The van der Waals surface area contributed by atoms with Gasteiger partial charge < -0.3 is 40.7 Å². The lowest BCUT2D eigenvalue weighted by Gasteiger charge is -1.78. The quantitative estimate of drug-likeness (QED) is 0.0556. The molecule has 22 heteroatoms. The van der Waals surface area contributed by atoms with E-state index in [9.17, 15) is 9.59 Å². The molecule has 1 fully saturated rings. The number of aliphatic hydroxyl groups excluding tert-OH is 4. The molecule has 1 unspecified atom stereocenters. The predicted molar refractivity (Wildman–Crippen MR) is 198 cm³/mol. The van der Waals surface area contributed by atoms with E-state index in [0.29, 0.717) is 37.7 Å². The molecule has 0 amide bonds. The molecule has 0 bridgehead atoms. The lowest BCUT2D eigenvalue weighted by molar-refractivity contribution is -0.108. The van der Waals surface area contributed by atoms with Crippen LogP contribution in [-0.2, 0) is 46.6 Å². The number of aryl methyl sites for hydroxylation is 1. The number of allylic oxidation sites excluding steroid dienone is 1. The fourth-order valence-electron chi connectivity index (χ4n) is 2.11. The number of nitrogens with one attached hydrogen (secondary N) is 1. The van der Waals surface area contributed by atoms with Crippen molar-refractivity contribution in [1.82, 2.24) is 24.9 Å². The van der Waals surface area contributed by atoms with Crippen molar-refractivity contribution in [3.63, 3.8) is 0 Å². The highest BCUT2D eigenvalue weighted by Gasteiger charge is 2.19. The van der Waals surface area contributed by atoms with Crippen LogP contribution in [0.1, 0.15) is 29.4 Å². The van der Waals surface area contributed by atoms with Crippen molar-refractivity contribution in [2.24, 2.45) is 0 Å². The Balaban J connectivity index is 0.000000555. The minimum Gasteiger partial charge on any atom is -0.391 e. The van der Waals surface area contributed by atoms with Crippen LogP contribution in [0.25, 0.3) is 0 Å². The first-order chi connectivity index (χ1) is 23.5. The normalized spacial score (nSPS) is 11.7. The first-order valence-electron chi connectivity index (χ1n) is 13.1. The van der Waals surface area contributed by atoms with Crippen molar-refractivity contribution in [3.05, 3.63) is 91.6 Å². The highest BCUT2D eigenvalue weighted by atomic mass is 35.5. The number of aromatic amines is 1. The summed E-state index contributed by atoms with van der Waals surface area (Å²) in [7, 11) is 0. The van der Waals surface area contributed by atoms with Crippen molar-refractivity contribution < 1.29 is 34.8 Å². The van der Waals surface area contributed by atoms with Crippen molar-refractivity contribution >= 4 is 109 Å². The number of epoxide rings is 1. The molecular formula is C27H33Cl3N6O8S5. The Bertz CT molecular complexity index is 1470. The van der Waals surface area contributed by atoms with Crippen molar-refractivity contribution in [2.75, 3.05) is 12.3 Å². The zero-order chi connectivity index (χ0) is 37.0. The van der Waals surface area contributed by atoms with Crippen LogP contribution in [-0.4, -0.2) is 70.6 Å². The Morgan fingerprint density at radius 2 is 1.33 bits per heavy atom. The summed E-state index contributed by atoms with van der Waals surface area (Å²) in [5.74, 6) is 0.504. The van der Waals surface area contributed by atoms with E-state index < -0.39 is 0 Å². The van der Waals surface area contributed by atoms with Crippen LogP contribution in [0.5, 0.6) is 0 Å². The fourth-order valence-corrected chi connectivity index (χ4v) is 5.74. The van der Waals surface area contributed by atoms with Crippen molar-refractivity contribution in [2.45, 2.75) is 45.3 Å². The number of nitrogens with two attached hydrogens (primary N) is 1. The van der Waals surface area contributed by atoms with E-state index in [4.69, 9.17) is 65.8 Å². The average molecular weight is 836 g/mol. The van der Waals surface area contributed by atoms with Gasteiger partial charge in [0.25, 0.3) is 0 Å². The number of alkyl halides is 1. The lowest BCUT2D eigenvalue weighted by atomic mass is 10.6. The van der Waals surface area contributed by atoms with Gasteiger partial charge in [0.15, 0.2) is 20.4 Å². The van der Waals surface area contributed by atoms with Gasteiger partial charge in [-0.25, -0.2) is 19.9 Å². The number of aliphatic hydroxyl groups is 4. The first kappa shape index (κ1) is 46.5. The Kier molecular flexibility index (Phi) is 27.8. The van der Waals surface area contributed by atoms with Crippen LogP contribution in [0.2, 0.25) is 8.93 Å². The number of aromatic nitrogens is 5. The van der Waals surface area contributed by atoms with E-state index in [1.165, 1.54) is 57.6 Å². The number of halogens is 3. The van der Waals surface area contributed by atoms with E-state index in [0.717, 1.165) is 42.1 Å². The molecule has 0 radical (unpaired) electrons. The Morgan fingerprint density at radius 1 is 0.857 bits per heavy atom. The zero-order valence-corrected chi connectivity index (χ0v) is 32.0. The second-order valence-corrected chi connectivity index (χ2v) is 15.2. The molecular weight excluding hydrogens is 803 g/mol. The number of carbonyl (C=O) groups excluding carboxylic acids is 2. The highest BCUT2D eigenvalue weighted by molar-refractivity contribution is 7.16. The molecule has 5 aromatic rings. The summed E-state index contributed by atoms with van der Waals surface area (Å²) in [5.41, 5.74) is 5.25. The fraction of sp³-hybridized carbons (Fsp3) is 0.296. The van der Waals surface area contributed by atoms with Crippen LogP contribution in [0.3, 0.4) is 0 Å². The predicted octanol–water partition coefficient (Wildman–Crippen LogP) is 4.87. The molecule has 0 aromatic carbocycles. The number of nitrogens with zero attached hydrogens (tertiary/aromatic N) is 4. The maximum atomic E-state index is 10.3. The number of nitrogen functional groups attached to an aromatic ring is 1. The smallest absolute Gasteiger partial charge is 0.304 e. The summed E-state index contributed by atoms with van der Waals surface area (Å²) in [5, 5.41) is 35.4. The molecule has 6 heterocycles. The molecule has 1 aliphatic heterocycles. The van der Waals surface area contributed by atoms with E-state index in [-0.39, 0.29) is 37.4 Å². The van der Waals surface area contributed by atoms with Gasteiger partial charge in [0.05, 0.1) is 63.4 Å². The molecule has 14 nitrogen and oxygen atoms in total. The van der Waals surface area contributed by atoms with Crippen LogP contribution in [0.15, 0.2) is 48.4 Å². The number of carbonyl (C=O) groups is 2. The van der Waals surface area contributed by atoms with E-state index >= 15 is 0 Å². The molecule has 270 valence electrons.